The first-order chi connectivity index (χ1) is 10.1. The second-order valence-corrected chi connectivity index (χ2v) is 4.83. The summed E-state index contributed by atoms with van der Waals surface area (Å²) >= 11 is 0. The van der Waals surface area contributed by atoms with Gasteiger partial charge in [0.1, 0.15) is 5.69 Å². The van der Waals surface area contributed by atoms with Gasteiger partial charge in [0.05, 0.1) is 26.5 Å². The first-order valence-corrected chi connectivity index (χ1v) is 6.58. The Balaban J connectivity index is 2.50. The van der Waals surface area contributed by atoms with Crippen LogP contribution in [0.5, 0.6) is 11.8 Å². The van der Waals surface area contributed by atoms with E-state index in [-0.39, 0.29) is 6.04 Å². The van der Waals surface area contributed by atoms with Crippen LogP contribution in [0.2, 0.25) is 0 Å². The van der Waals surface area contributed by atoms with Crippen LogP contribution in [0.15, 0.2) is 24.4 Å². The van der Waals surface area contributed by atoms with Gasteiger partial charge in [-0.25, -0.2) is 10.4 Å². The predicted octanol–water partition coefficient (Wildman–Crippen LogP) is 1.66. The molecule has 21 heavy (non-hydrogen) atoms. The average Bonchev–Trinajstić information content (AvgIpc) is 2.47. The molecule has 0 radical (unpaired) electrons. The van der Waals surface area contributed by atoms with Gasteiger partial charge in [-0.1, -0.05) is 29.3 Å². The zero-order valence-corrected chi connectivity index (χ0v) is 12.7. The quantitative estimate of drug-likeness (QED) is 0.643. The molecule has 3 N–H and O–H groups in total. The molecule has 1 aromatic heterocycles. The minimum absolute atomic E-state index is 0.308. The number of nitrogens with two attached hydrogens (primary N) is 1. The molecule has 1 heterocycles. The fourth-order valence-electron chi connectivity index (χ4n) is 2.32. The van der Waals surface area contributed by atoms with E-state index in [4.69, 9.17) is 15.3 Å². The van der Waals surface area contributed by atoms with Crippen LogP contribution in [0.25, 0.3) is 0 Å². The normalized spacial score (nSPS) is 12.0. The van der Waals surface area contributed by atoms with Crippen molar-refractivity contribution < 1.29 is 9.47 Å². The van der Waals surface area contributed by atoms with Gasteiger partial charge in [0.2, 0.25) is 11.8 Å². The molecule has 0 saturated heterocycles. The Bertz CT molecular complexity index is 611. The monoisotopic (exact) mass is 288 g/mol. The van der Waals surface area contributed by atoms with Gasteiger partial charge in [0.15, 0.2) is 0 Å². The zero-order valence-electron chi connectivity index (χ0n) is 12.7. The third-order valence-corrected chi connectivity index (χ3v) is 3.16. The van der Waals surface area contributed by atoms with Crippen molar-refractivity contribution in [2.45, 2.75) is 19.9 Å². The molecule has 2 aromatic rings. The van der Waals surface area contributed by atoms with Crippen molar-refractivity contribution in [1.82, 2.24) is 15.4 Å². The molecular formula is C15H20N4O2. The van der Waals surface area contributed by atoms with Gasteiger partial charge in [-0.05, 0) is 19.4 Å². The highest BCUT2D eigenvalue weighted by molar-refractivity contribution is 5.38. The number of benzene rings is 1. The summed E-state index contributed by atoms with van der Waals surface area (Å²) in [5, 5.41) is 0. The second kappa shape index (κ2) is 6.51. The van der Waals surface area contributed by atoms with Crippen molar-refractivity contribution in [2.24, 2.45) is 5.84 Å². The summed E-state index contributed by atoms with van der Waals surface area (Å²) in [6.45, 7) is 4.09. The van der Waals surface area contributed by atoms with E-state index in [1.165, 1.54) is 7.11 Å². The molecule has 0 aliphatic heterocycles. The number of ether oxygens (including phenoxy) is 2. The molecular weight excluding hydrogens is 268 g/mol. The minimum Gasteiger partial charge on any atom is -0.480 e. The van der Waals surface area contributed by atoms with Crippen LogP contribution < -0.4 is 20.7 Å². The van der Waals surface area contributed by atoms with Gasteiger partial charge in [0, 0.05) is 0 Å². The zero-order chi connectivity index (χ0) is 15.4. The van der Waals surface area contributed by atoms with Gasteiger partial charge in [-0.2, -0.15) is 4.98 Å². The maximum atomic E-state index is 5.73. The highest BCUT2D eigenvalue weighted by Gasteiger charge is 2.21. The number of hydrazine groups is 1. The van der Waals surface area contributed by atoms with Crippen molar-refractivity contribution in [3.8, 4) is 11.8 Å². The molecule has 0 bridgehead atoms. The van der Waals surface area contributed by atoms with Crippen molar-refractivity contribution in [1.29, 1.82) is 0 Å². The van der Waals surface area contributed by atoms with Crippen LogP contribution in [0.1, 0.15) is 28.4 Å². The number of nitrogens with one attached hydrogen (secondary N) is 1. The number of nitrogens with zero attached hydrogens (tertiary/aromatic N) is 2. The fraction of sp³-hybridized carbons (Fsp3) is 0.333. The first kappa shape index (κ1) is 15.2. The van der Waals surface area contributed by atoms with Crippen LogP contribution in [0, 0.1) is 13.8 Å². The number of hydrogen-bond donors (Lipinski definition) is 2. The summed E-state index contributed by atoms with van der Waals surface area (Å²) in [6.07, 6.45) is 1.55. The van der Waals surface area contributed by atoms with Crippen LogP contribution in [-0.2, 0) is 0 Å². The SMILES string of the molecule is COc1cnc(C(NN)c2cc(C)cc(C)c2)c(OC)n1. The summed E-state index contributed by atoms with van der Waals surface area (Å²) in [4.78, 5) is 8.62. The van der Waals surface area contributed by atoms with Crippen LogP contribution >= 0.6 is 0 Å². The summed E-state index contributed by atoms with van der Waals surface area (Å²) in [7, 11) is 3.08. The third-order valence-electron chi connectivity index (χ3n) is 3.16. The molecule has 0 aliphatic rings. The Hall–Kier alpha value is -2.18. The van der Waals surface area contributed by atoms with Crippen molar-refractivity contribution in [3.63, 3.8) is 0 Å². The Labute approximate surface area is 124 Å². The summed E-state index contributed by atoms with van der Waals surface area (Å²) in [6, 6.07) is 5.91. The molecule has 1 atom stereocenters. The van der Waals surface area contributed by atoms with Crippen molar-refractivity contribution in [2.75, 3.05) is 14.2 Å². The lowest BCUT2D eigenvalue weighted by atomic mass is 9.99. The molecule has 0 spiro atoms. The van der Waals surface area contributed by atoms with E-state index in [9.17, 15) is 0 Å². The molecule has 1 unspecified atom stereocenters. The van der Waals surface area contributed by atoms with Crippen LogP contribution in [0.3, 0.4) is 0 Å². The lowest BCUT2D eigenvalue weighted by Gasteiger charge is -2.19. The lowest BCUT2D eigenvalue weighted by molar-refractivity contribution is 0.352. The maximum absolute atomic E-state index is 5.73. The van der Waals surface area contributed by atoms with E-state index in [0.29, 0.717) is 17.5 Å². The molecule has 0 aliphatic carbocycles. The topological polar surface area (TPSA) is 82.3 Å². The smallest absolute Gasteiger partial charge is 0.240 e. The average molecular weight is 288 g/mol. The molecule has 112 valence electrons. The van der Waals surface area contributed by atoms with Crippen molar-refractivity contribution >= 4 is 0 Å². The second-order valence-electron chi connectivity index (χ2n) is 4.83. The first-order valence-electron chi connectivity index (χ1n) is 6.58. The van der Waals surface area contributed by atoms with Gasteiger partial charge in [-0.15, -0.1) is 0 Å². The summed E-state index contributed by atoms with van der Waals surface area (Å²) < 4.78 is 10.4. The van der Waals surface area contributed by atoms with E-state index in [1.807, 2.05) is 13.8 Å². The highest BCUT2D eigenvalue weighted by Crippen LogP contribution is 2.28. The summed E-state index contributed by atoms with van der Waals surface area (Å²) in [5.74, 6) is 6.51. The van der Waals surface area contributed by atoms with Crippen LogP contribution in [-0.4, -0.2) is 24.2 Å². The lowest BCUT2D eigenvalue weighted by Crippen LogP contribution is -2.30. The fourth-order valence-corrected chi connectivity index (χ4v) is 2.32. The molecule has 0 fully saturated rings. The van der Waals surface area contributed by atoms with E-state index >= 15 is 0 Å². The standard InChI is InChI=1S/C15H20N4O2/c1-9-5-10(2)7-11(6-9)13(19-16)14-15(21-4)18-12(20-3)8-17-14/h5-8,13,19H,16H2,1-4H3. The molecule has 1 aromatic carbocycles. The van der Waals surface area contributed by atoms with Crippen molar-refractivity contribution in [3.05, 3.63) is 46.8 Å². The Morgan fingerprint density at radius 3 is 2.29 bits per heavy atom. The van der Waals surface area contributed by atoms with E-state index in [0.717, 1.165) is 16.7 Å². The minimum atomic E-state index is -0.308. The Kier molecular flexibility index (Phi) is 4.72. The molecule has 2 rings (SSSR count). The van der Waals surface area contributed by atoms with Gasteiger partial charge < -0.3 is 9.47 Å². The van der Waals surface area contributed by atoms with Gasteiger partial charge >= 0.3 is 0 Å². The van der Waals surface area contributed by atoms with E-state index in [2.05, 4.69) is 33.6 Å². The predicted molar refractivity (Wildman–Crippen MR) is 80.2 cm³/mol. The molecule has 0 amide bonds. The van der Waals surface area contributed by atoms with E-state index < -0.39 is 0 Å². The maximum Gasteiger partial charge on any atom is 0.240 e. The number of aromatic nitrogens is 2. The van der Waals surface area contributed by atoms with E-state index in [1.54, 1.807) is 13.3 Å². The highest BCUT2D eigenvalue weighted by atomic mass is 16.5. The Morgan fingerprint density at radius 2 is 1.76 bits per heavy atom. The summed E-state index contributed by atoms with van der Waals surface area (Å²) in [5.41, 5.74) is 6.72. The molecule has 0 saturated carbocycles. The Morgan fingerprint density at radius 1 is 1.10 bits per heavy atom. The third kappa shape index (κ3) is 3.29. The number of aryl methyl sites for hydroxylation is 2. The number of hydrogen-bond acceptors (Lipinski definition) is 6. The largest absolute Gasteiger partial charge is 0.480 e. The number of rotatable bonds is 5. The molecule has 6 nitrogen and oxygen atoms in total. The van der Waals surface area contributed by atoms with Gasteiger partial charge in [0.25, 0.3) is 0 Å². The van der Waals surface area contributed by atoms with Crippen LogP contribution in [0.4, 0.5) is 0 Å². The molecule has 6 heteroatoms. The van der Waals surface area contributed by atoms with Gasteiger partial charge in [-0.3, -0.25) is 5.84 Å². The number of methoxy groups -OCH3 is 2.